The van der Waals surface area contributed by atoms with E-state index in [0.717, 1.165) is 21.9 Å². The Balaban J connectivity index is 1.20. The van der Waals surface area contributed by atoms with E-state index in [0.29, 0.717) is 48.2 Å². The second-order valence-electron chi connectivity index (χ2n) is 10.1. The molecule has 2 aromatic heterocycles. The second kappa shape index (κ2) is 10.8. The van der Waals surface area contributed by atoms with Crippen molar-refractivity contribution in [2.45, 2.75) is 45.6 Å². The zero-order valence-corrected chi connectivity index (χ0v) is 21.9. The van der Waals surface area contributed by atoms with Gasteiger partial charge in [-0.05, 0) is 55.9 Å². The van der Waals surface area contributed by atoms with Crippen molar-refractivity contribution in [3.8, 4) is 0 Å². The summed E-state index contributed by atoms with van der Waals surface area (Å²) in [5.74, 6) is -1.93. The third-order valence-corrected chi connectivity index (χ3v) is 7.65. The van der Waals surface area contributed by atoms with Gasteiger partial charge >= 0.3 is 11.6 Å². The molecule has 1 aliphatic rings. The van der Waals surface area contributed by atoms with Crippen molar-refractivity contribution >= 4 is 39.7 Å². The molecule has 0 radical (unpaired) electrons. The fraction of sp³-hybridized carbons (Fsp3) is 0.333. The number of furan rings is 1. The molecule has 202 valence electrons. The molecule has 1 aliphatic heterocycles. The van der Waals surface area contributed by atoms with Crippen LogP contribution in [0.3, 0.4) is 0 Å². The lowest BCUT2D eigenvalue weighted by Gasteiger charge is -2.32. The first kappa shape index (κ1) is 26.2. The SMILES string of the molecule is Cc1coc2cc3oc(=O)c(CCC(=O)N4CCC(C(=O)NC(C(=O)O)c5ccccc5)CC4)c(C)c3cc12. The van der Waals surface area contributed by atoms with Crippen LogP contribution in [0.1, 0.15) is 47.6 Å². The topological polar surface area (TPSA) is 130 Å². The Hall–Kier alpha value is -4.40. The minimum Gasteiger partial charge on any atom is -0.479 e. The molecule has 1 fully saturated rings. The Morgan fingerprint density at radius 3 is 2.46 bits per heavy atom. The second-order valence-corrected chi connectivity index (χ2v) is 10.1. The van der Waals surface area contributed by atoms with Crippen molar-refractivity contribution in [2.75, 3.05) is 13.1 Å². The first-order valence-corrected chi connectivity index (χ1v) is 13.0. The summed E-state index contributed by atoms with van der Waals surface area (Å²) in [6.45, 7) is 4.60. The molecule has 5 rings (SSSR count). The molecule has 9 heteroatoms. The van der Waals surface area contributed by atoms with E-state index in [9.17, 15) is 24.3 Å². The smallest absolute Gasteiger partial charge is 0.339 e. The van der Waals surface area contributed by atoms with Gasteiger partial charge in [0.1, 0.15) is 11.2 Å². The first-order chi connectivity index (χ1) is 18.7. The number of hydrogen-bond donors (Lipinski definition) is 2. The molecule has 3 heterocycles. The highest BCUT2D eigenvalue weighted by Gasteiger charge is 2.30. The number of fused-ring (bicyclic) bond motifs is 2. The van der Waals surface area contributed by atoms with E-state index in [1.54, 1.807) is 47.6 Å². The zero-order valence-electron chi connectivity index (χ0n) is 21.9. The molecule has 0 spiro atoms. The fourth-order valence-corrected chi connectivity index (χ4v) is 5.30. The maximum atomic E-state index is 13.0. The zero-order chi connectivity index (χ0) is 27.7. The van der Waals surface area contributed by atoms with Gasteiger partial charge in [0.25, 0.3) is 0 Å². The van der Waals surface area contributed by atoms with Gasteiger partial charge < -0.3 is 24.2 Å². The average Bonchev–Trinajstić information content (AvgIpc) is 3.30. The number of amides is 2. The van der Waals surface area contributed by atoms with Gasteiger partial charge in [-0.1, -0.05) is 30.3 Å². The third-order valence-electron chi connectivity index (χ3n) is 7.65. The number of rotatable bonds is 7. The molecule has 1 saturated heterocycles. The molecular formula is C30H30N2O7. The maximum absolute atomic E-state index is 13.0. The van der Waals surface area contributed by atoms with Crippen molar-refractivity contribution in [2.24, 2.45) is 5.92 Å². The summed E-state index contributed by atoms with van der Waals surface area (Å²) < 4.78 is 11.1. The summed E-state index contributed by atoms with van der Waals surface area (Å²) in [5, 5.41) is 14.0. The van der Waals surface area contributed by atoms with Crippen molar-refractivity contribution in [1.82, 2.24) is 10.2 Å². The average molecular weight is 531 g/mol. The molecule has 0 bridgehead atoms. The summed E-state index contributed by atoms with van der Waals surface area (Å²) in [6.07, 6.45) is 2.95. The lowest BCUT2D eigenvalue weighted by atomic mass is 9.94. The van der Waals surface area contributed by atoms with E-state index >= 15 is 0 Å². The fourth-order valence-electron chi connectivity index (χ4n) is 5.30. The number of likely N-dealkylation sites (tertiary alicyclic amines) is 1. The van der Waals surface area contributed by atoms with Crippen molar-refractivity contribution in [3.63, 3.8) is 0 Å². The van der Waals surface area contributed by atoms with Gasteiger partial charge in [0.05, 0.1) is 6.26 Å². The maximum Gasteiger partial charge on any atom is 0.339 e. The number of carbonyl (C=O) groups excluding carboxylic acids is 2. The Labute approximate surface area is 224 Å². The predicted molar refractivity (Wildman–Crippen MR) is 144 cm³/mol. The van der Waals surface area contributed by atoms with Crippen molar-refractivity contribution < 1.29 is 28.3 Å². The summed E-state index contributed by atoms with van der Waals surface area (Å²) in [4.78, 5) is 51.9. The number of hydrogen-bond acceptors (Lipinski definition) is 6. The van der Waals surface area contributed by atoms with Gasteiger partial charge in [-0.25, -0.2) is 9.59 Å². The van der Waals surface area contributed by atoms with Crippen LogP contribution in [0, 0.1) is 19.8 Å². The Bertz CT molecular complexity index is 1610. The normalized spacial score (nSPS) is 15.0. The molecule has 1 unspecified atom stereocenters. The Morgan fingerprint density at radius 2 is 1.77 bits per heavy atom. The Morgan fingerprint density at radius 1 is 1.05 bits per heavy atom. The van der Waals surface area contributed by atoms with Crippen LogP contribution in [0.2, 0.25) is 0 Å². The highest BCUT2D eigenvalue weighted by atomic mass is 16.4. The van der Waals surface area contributed by atoms with E-state index in [4.69, 9.17) is 8.83 Å². The van der Waals surface area contributed by atoms with E-state index in [1.807, 2.05) is 19.9 Å². The molecule has 9 nitrogen and oxygen atoms in total. The molecule has 2 N–H and O–H groups in total. The molecule has 2 aromatic carbocycles. The largest absolute Gasteiger partial charge is 0.479 e. The monoisotopic (exact) mass is 530 g/mol. The number of piperidine rings is 1. The number of carboxylic acid groups (broad SMARTS) is 1. The molecule has 0 saturated carbocycles. The lowest BCUT2D eigenvalue weighted by molar-refractivity contribution is -0.143. The van der Waals surface area contributed by atoms with E-state index in [1.165, 1.54) is 0 Å². The van der Waals surface area contributed by atoms with Crippen LogP contribution in [0.15, 0.2) is 62.4 Å². The molecule has 39 heavy (non-hydrogen) atoms. The highest BCUT2D eigenvalue weighted by Crippen LogP contribution is 2.29. The van der Waals surface area contributed by atoms with Crippen LogP contribution in [0.4, 0.5) is 0 Å². The summed E-state index contributed by atoms with van der Waals surface area (Å²) in [5.41, 5.74) is 3.41. The van der Waals surface area contributed by atoms with Gasteiger partial charge in [0.2, 0.25) is 11.8 Å². The number of nitrogens with one attached hydrogen (secondary N) is 1. The summed E-state index contributed by atoms with van der Waals surface area (Å²) in [6, 6.07) is 11.1. The minimum atomic E-state index is -1.13. The number of carbonyl (C=O) groups is 3. The van der Waals surface area contributed by atoms with Crippen molar-refractivity contribution in [1.29, 1.82) is 0 Å². The minimum absolute atomic E-state index is 0.0958. The number of nitrogens with zero attached hydrogens (tertiary/aromatic N) is 1. The van der Waals surface area contributed by atoms with E-state index < -0.39 is 17.6 Å². The van der Waals surface area contributed by atoms with E-state index in [2.05, 4.69) is 5.32 Å². The third kappa shape index (κ3) is 5.30. The number of carboxylic acids is 1. The van der Waals surface area contributed by atoms with Crippen LogP contribution < -0.4 is 10.9 Å². The predicted octanol–water partition coefficient (Wildman–Crippen LogP) is 4.27. The van der Waals surface area contributed by atoms with Gasteiger partial charge in [-0.15, -0.1) is 0 Å². The standard InChI is InChI=1S/C30H30N2O7/c1-17-16-38-24-15-25-23(14-22(17)24)18(2)21(30(37)39-25)8-9-26(33)32-12-10-20(11-13-32)28(34)31-27(29(35)36)19-6-4-3-5-7-19/h3-7,14-16,20,27H,8-13H2,1-2H3,(H,31,34)(H,35,36). The highest BCUT2D eigenvalue weighted by molar-refractivity contribution is 5.96. The van der Waals surface area contributed by atoms with Crippen molar-refractivity contribution in [3.05, 3.63) is 81.4 Å². The van der Waals surface area contributed by atoms with E-state index in [-0.39, 0.29) is 30.6 Å². The molecular weight excluding hydrogens is 500 g/mol. The van der Waals surface area contributed by atoms with Crippen LogP contribution >= 0.6 is 0 Å². The quantitative estimate of drug-likeness (QED) is 0.341. The van der Waals surface area contributed by atoms with Gasteiger partial charge in [-0.3, -0.25) is 9.59 Å². The van der Waals surface area contributed by atoms with Crippen LogP contribution in [0.25, 0.3) is 21.9 Å². The van der Waals surface area contributed by atoms with Gasteiger partial charge in [0, 0.05) is 47.8 Å². The number of aryl methyl sites for hydroxylation is 2. The van der Waals surface area contributed by atoms with Crippen LogP contribution in [-0.4, -0.2) is 40.9 Å². The molecule has 4 aromatic rings. The number of aliphatic carboxylic acids is 1. The molecule has 1 atom stereocenters. The molecule has 2 amide bonds. The summed E-state index contributed by atoms with van der Waals surface area (Å²) >= 11 is 0. The lowest BCUT2D eigenvalue weighted by Crippen LogP contribution is -2.44. The van der Waals surface area contributed by atoms with Crippen LogP contribution in [0.5, 0.6) is 0 Å². The van der Waals surface area contributed by atoms with Gasteiger partial charge in [0.15, 0.2) is 6.04 Å². The van der Waals surface area contributed by atoms with Gasteiger partial charge in [-0.2, -0.15) is 0 Å². The Kier molecular flexibility index (Phi) is 7.24. The molecule has 0 aliphatic carbocycles. The summed E-state index contributed by atoms with van der Waals surface area (Å²) in [7, 11) is 0. The van der Waals surface area contributed by atoms with Crippen LogP contribution in [-0.2, 0) is 20.8 Å². The first-order valence-electron chi connectivity index (χ1n) is 13.0. The number of benzene rings is 2.